The first kappa shape index (κ1) is 13.1. The molecule has 1 N–H and O–H groups in total. The highest BCUT2D eigenvalue weighted by molar-refractivity contribution is 7.92. The number of hydrogen-bond acceptors (Lipinski definition) is 3. The molecule has 0 fully saturated rings. The van der Waals surface area contributed by atoms with Crippen LogP contribution in [0, 0.1) is 0 Å². The largest absolute Gasteiger partial charge is 0.378 e. The third-order valence-electron chi connectivity index (χ3n) is 1.98. The highest BCUT2D eigenvalue weighted by Gasteiger charge is 2.09. The fourth-order valence-electron chi connectivity index (χ4n) is 1.18. The Morgan fingerprint density at radius 1 is 1.38 bits per heavy atom. The lowest BCUT2D eigenvalue weighted by Gasteiger charge is -2.14. The highest BCUT2D eigenvalue weighted by atomic mass is 35.5. The summed E-state index contributed by atoms with van der Waals surface area (Å²) in [5.41, 5.74) is 1.49. The van der Waals surface area contributed by atoms with E-state index in [1.165, 1.54) is 0 Å². The van der Waals surface area contributed by atoms with Gasteiger partial charge in [-0.2, -0.15) is 0 Å². The van der Waals surface area contributed by atoms with E-state index in [1.54, 1.807) is 18.2 Å². The third kappa shape index (κ3) is 3.90. The van der Waals surface area contributed by atoms with E-state index in [2.05, 4.69) is 4.72 Å². The van der Waals surface area contributed by atoms with E-state index in [0.29, 0.717) is 5.69 Å². The second-order valence-electron chi connectivity index (χ2n) is 3.55. The number of anilines is 2. The van der Waals surface area contributed by atoms with E-state index in [-0.39, 0.29) is 11.6 Å². The molecule has 0 spiro atoms. The molecule has 0 aromatic heterocycles. The van der Waals surface area contributed by atoms with Crippen LogP contribution in [0.25, 0.3) is 0 Å². The zero-order valence-electron chi connectivity index (χ0n) is 9.27. The first-order chi connectivity index (χ1) is 7.44. The van der Waals surface area contributed by atoms with Crippen molar-refractivity contribution in [2.24, 2.45) is 0 Å². The van der Waals surface area contributed by atoms with Crippen LogP contribution in [-0.4, -0.2) is 34.1 Å². The molecule has 0 bridgehead atoms. The van der Waals surface area contributed by atoms with Crippen molar-refractivity contribution in [2.75, 3.05) is 35.4 Å². The maximum atomic E-state index is 11.5. The normalized spacial score (nSPS) is 11.2. The number of hydrogen-bond donors (Lipinski definition) is 1. The monoisotopic (exact) mass is 262 g/mol. The molecule has 90 valence electrons. The fourth-order valence-corrected chi connectivity index (χ4v) is 2.58. The predicted molar refractivity (Wildman–Crippen MR) is 68.9 cm³/mol. The maximum Gasteiger partial charge on any atom is 0.233 e. The van der Waals surface area contributed by atoms with Crippen molar-refractivity contribution in [1.29, 1.82) is 0 Å². The van der Waals surface area contributed by atoms with Crippen LogP contribution in [0.15, 0.2) is 24.3 Å². The summed E-state index contributed by atoms with van der Waals surface area (Å²) in [6.45, 7) is 0. The smallest absolute Gasteiger partial charge is 0.233 e. The van der Waals surface area contributed by atoms with Crippen molar-refractivity contribution >= 4 is 33.0 Å². The molecular formula is C10H15ClN2O2S. The van der Waals surface area contributed by atoms with Crippen molar-refractivity contribution < 1.29 is 8.42 Å². The molecule has 0 unspecified atom stereocenters. The van der Waals surface area contributed by atoms with Crippen LogP contribution in [0.2, 0.25) is 0 Å². The minimum Gasteiger partial charge on any atom is -0.378 e. The second-order valence-corrected chi connectivity index (χ2v) is 5.77. The van der Waals surface area contributed by atoms with E-state index in [9.17, 15) is 8.42 Å². The zero-order valence-corrected chi connectivity index (χ0v) is 10.8. The van der Waals surface area contributed by atoms with E-state index < -0.39 is 10.0 Å². The van der Waals surface area contributed by atoms with Crippen molar-refractivity contribution in [2.45, 2.75) is 0 Å². The van der Waals surface area contributed by atoms with Gasteiger partial charge in [-0.15, -0.1) is 11.6 Å². The highest BCUT2D eigenvalue weighted by Crippen LogP contribution is 2.18. The minimum atomic E-state index is -3.33. The Morgan fingerprint density at radius 2 is 2.06 bits per heavy atom. The van der Waals surface area contributed by atoms with Crippen molar-refractivity contribution in [3.8, 4) is 0 Å². The molecule has 1 rings (SSSR count). The molecule has 0 aliphatic rings. The van der Waals surface area contributed by atoms with Crippen molar-refractivity contribution in [3.63, 3.8) is 0 Å². The predicted octanol–water partition coefficient (Wildman–Crippen LogP) is 1.73. The standard InChI is InChI=1S/C10H15ClN2O2S/c1-13(2)10-5-3-4-9(8-10)12-16(14,15)7-6-11/h3-5,8,12H,6-7H2,1-2H3. The van der Waals surface area contributed by atoms with Gasteiger partial charge >= 0.3 is 0 Å². The van der Waals surface area contributed by atoms with Crippen LogP contribution in [-0.2, 0) is 10.0 Å². The average molecular weight is 263 g/mol. The van der Waals surface area contributed by atoms with E-state index in [0.717, 1.165) is 5.69 Å². The number of nitrogens with one attached hydrogen (secondary N) is 1. The Morgan fingerprint density at radius 3 is 2.62 bits per heavy atom. The van der Waals surface area contributed by atoms with Crippen LogP contribution in [0.4, 0.5) is 11.4 Å². The van der Waals surface area contributed by atoms with Gasteiger partial charge in [0.15, 0.2) is 0 Å². The van der Waals surface area contributed by atoms with E-state index in [1.807, 2.05) is 25.1 Å². The van der Waals surface area contributed by atoms with Crippen LogP contribution in [0.5, 0.6) is 0 Å². The molecule has 4 nitrogen and oxygen atoms in total. The molecule has 0 heterocycles. The fraction of sp³-hybridized carbons (Fsp3) is 0.400. The number of rotatable bonds is 5. The molecule has 0 amide bonds. The maximum absolute atomic E-state index is 11.5. The van der Waals surface area contributed by atoms with Gasteiger partial charge < -0.3 is 4.90 Å². The molecule has 0 aliphatic carbocycles. The van der Waals surface area contributed by atoms with Gasteiger partial charge in [0.05, 0.1) is 11.4 Å². The molecule has 1 aromatic rings. The molecule has 0 saturated heterocycles. The number of alkyl halides is 1. The van der Waals surface area contributed by atoms with Crippen LogP contribution < -0.4 is 9.62 Å². The molecular weight excluding hydrogens is 248 g/mol. The van der Waals surface area contributed by atoms with Gasteiger partial charge in [0.2, 0.25) is 10.0 Å². The SMILES string of the molecule is CN(C)c1cccc(NS(=O)(=O)CCCl)c1. The molecule has 0 atom stereocenters. The van der Waals surface area contributed by atoms with Gasteiger partial charge in [0.1, 0.15) is 0 Å². The average Bonchev–Trinajstić information content (AvgIpc) is 2.17. The summed E-state index contributed by atoms with van der Waals surface area (Å²) in [7, 11) is 0.463. The summed E-state index contributed by atoms with van der Waals surface area (Å²) in [4.78, 5) is 1.90. The Kier molecular flexibility index (Phi) is 4.44. The van der Waals surface area contributed by atoms with E-state index >= 15 is 0 Å². The first-order valence-corrected chi connectivity index (χ1v) is 6.97. The molecule has 16 heavy (non-hydrogen) atoms. The lowest BCUT2D eigenvalue weighted by Crippen LogP contribution is -2.18. The molecule has 0 aliphatic heterocycles. The number of halogens is 1. The van der Waals surface area contributed by atoms with E-state index in [4.69, 9.17) is 11.6 Å². The summed E-state index contributed by atoms with van der Waals surface area (Å²) in [6, 6.07) is 7.18. The topological polar surface area (TPSA) is 49.4 Å². The summed E-state index contributed by atoms with van der Waals surface area (Å²) >= 11 is 5.41. The quantitative estimate of drug-likeness (QED) is 0.823. The number of sulfonamides is 1. The Balaban J connectivity index is 2.86. The number of benzene rings is 1. The lowest BCUT2D eigenvalue weighted by molar-refractivity contribution is 0.602. The third-order valence-corrected chi connectivity index (χ3v) is 3.68. The first-order valence-electron chi connectivity index (χ1n) is 4.78. The molecule has 0 radical (unpaired) electrons. The summed E-state index contributed by atoms with van der Waals surface area (Å²) in [5, 5.41) is 0. The summed E-state index contributed by atoms with van der Waals surface area (Å²) in [6.07, 6.45) is 0. The van der Waals surface area contributed by atoms with Crippen molar-refractivity contribution in [3.05, 3.63) is 24.3 Å². The Labute approximate surface area is 101 Å². The van der Waals surface area contributed by atoms with Crippen molar-refractivity contribution in [1.82, 2.24) is 0 Å². The Bertz CT molecular complexity index is 446. The van der Waals surface area contributed by atoms with Gasteiger partial charge in [-0.25, -0.2) is 8.42 Å². The Hall–Kier alpha value is -0.940. The second kappa shape index (κ2) is 5.41. The van der Waals surface area contributed by atoms with Gasteiger partial charge in [-0.1, -0.05) is 6.07 Å². The van der Waals surface area contributed by atoms with Gasteiger partial charge in [-0.05, 0) is 18.2 Å². The minimum absolute atomic E-state index is 0.0826. The van der Waals surface area contributed by atoms with Crippen LogP contribution in [0.3, 0.4) is 0 Å². The zero-order chi connectivity index (χ0) is 12.2. The molecule has 1 aromatic carbocycles. The summed E-state index contributed by atoms with van der Waals surface area (Å²) in [5.74, 6) is 0.00342. The molecule has 6 heteroatoms. The van der Waals surface area contributed by atoms with Crippen LogP contribution in [0.1, 0.15) is 0 Å². The van der Waals surface area contributed by atoms with Gasteiger partial charge in [0, 0.05) is 25.7 Å². The number of nitrogens with zero attached hydrogens (tertiary/aromatic N) is 1. The van der Waals surface area contributed by atoms with Gasteiger partial charge in [-0.3, -0.25) is 4.72 Å². The molecule has 0 saturated carbocycles. The van der Waals surface area contributed by atoms with Gasteiger partial charge in [0.25, 0.3) is 0 Å². The van der Waals surface area contributed by atoms with Crippen LogP contribution >= 0.6 is 11.6 Å². The lowest BCUT2D eigenvalue weighted by atomic mass is 10.3. The summed E-state index contributed by atoms with van der Waals surface area (Å²) < 4.78 is 25.4.